The van der Waals surface area contributed by atoms with Gasteiger partial charge in [-0.05, 0) is 12.5 Å². The maximum atomic E-state index is 3.89. The first-order valence-corrected chi connectivity index (χ1v) is 3.14. The molecule has 1 heterocycles. The fourth-order valence-electron chi connectivity index (χ4n) is 1.42. The van der Waals surface area contributed by atoms with E-state index in [-0.39, 0.29) is 40.1 Å². The van der Waals surface area contributed by atoms with E-state index in [2.05, 4.69) is 25.8 Å². The fourth-order valence-corrected chi connectivity index (χ4v) is 1.42. The summed E-state index contributed by atoms with van der Waals surface area (Å²) in [6.07, 6.45) is 1.08. The zero-order chi connectivity index (χ0) is 6.20. The number of rotatable bonds is 1. The molecule has 0 aromatic carbocycles. The molecule has 0 spiro atoms. The van der Waals surface area contributed by atoms with Gasteiger partial charge in [0.2, 0.25) is 0 Å². The van der Waals surface area contributed by atoms with Crippen LogP contribution >= 0.6 is 0 Å². The van der Waals surface area contributed by atoms with Crippen LogP contribution in [0.3, 0.4) is 0 Å². The molecule has 1 aliphatic heterocycles. The molecule has 1 rings (SSSR count). The average molecular weight is 216 g/mol. The molecule has 1 saturated heterocycles. The van der Waals surface area contributed by atoms with Crippen LogP contribution < -0.4 is 0 Å². The maximum Gasteiger partial charge on any atom is 0.00201 e. The van der Waals surface area contributed by atoms with E-state index in [0.29, 0.717) is 5.41 Å². The van der Waals surface area contributed by atoms with Crippen LogP contribution in [0.1, 0.15) is 13.3 Å². The predicted molar refractivity (Wildman–Crippen MR) is 42.0 cm³/mol. The van der Waals surface area contributed by atoms with Crippen molar-refractivity contribution in [2.75, 3.05) is 20.1 Å². The van der Waals surface area contributed by atoms with Crippen molar-refractivity contribution in [3.63, 3.8) is 0 Å². The minimum Gasteiger partial charge on any atom is -0.358 e. The Hall–Kier alpha value is 1.06. The SMILES string of the molecule is [CH2-]CC1(C)CN(C)C1.[CH3-].[Y]. The second kappa shape index (κ2) is 4.84. The molecule has 0 aromatic heterocycles. The summed E-state index contributed by atoms with van der Waals surface area (Å²) < 4.78 is 0. The van der Waals surface area contributed by atoms with Crippen LogP contribution in [0.5, 0.6) is 0 Å². The maximum absolute atomic E-state index is 3.89. The number of likely N-dealkylation sites (tertiary alicyclic amines) is 1. The van der Waals surface area contributed by atoms with Gasteiger partial charge in [-0.2, -0.15) is 6.42 Å². The summed E-state index contributed by atoms with van der Waals surface area (Å²) in [5, 5.41) is 0. The van der Waals surface area contributed by atoms with Gasteiger partial charge in [0.1, 0.15) is 0 Å². The van der Waals surface area contributed by atoms with E-state index < -0.39 is 0 Å². The first-order chi connectivity index (χ1) is 3.66. The first kappa shape index (κ1) is 13.6. The summed E-state index contributed by atoms with van der Waals surface area (Å²) in [7, 11) is 2.15. The van der Waals surface area contributed by atoms with Crippen LogP contribution in [0.2, 0.25) is 0 Å². The molecule has 1 fully saturated rings. The van der Waals surface area contributed by atoms with Gasteiger partial charge in [0.05, 0.1) is 0 Å². The molecule has 1 radical (unpaired) electrons. The van der Waals surface area contributed by atoms with Crippen LogP contribution in [-0.4, -0.2) is 25.0 Å². The Balaban J connectivity index is 0. The average Bonchev–Trinajstić information content (AvgIpc) is 1.63. The molecule has 0 atom stereocenters. The summed E-state index contributed by atoms with van der Waals surface area (Å²) in [6.45, 7) is 8.64. The zero-order valence-electron chi connectivity index (χ0n) is 7.35. The Kier molecular flexibility index (Phi) is 6.61. The first-order valence-electron chi connectivity index (χ1n) is 3.14. The summed E-state index contributed by atoms with van der Waals surface area (Å²) >= 11 is 0. The summed E-state index contributed by atoms with van der Waals surface area (Å²) in [5.41, 5.74) is 0.550. The third kappa shape index (κ3) is 2.98. The monoisotopic (exact) mass is 216 g/mol. The van der Waals surface area contributed by atoms with Gasteiger partial charge in [0, 0.05) is 45.8 Å². The molecule has 0 saturated carbocycles. The smallest absolute Gasteiger partial charge is 0.00201 e. The number of nitrogens with zero attached hydrogens (tertiary/aromatic N) is 1. The molecule has 0 amide bonds. The van der Waals surface area contributed by atoms with Crippen LogP contribution in [0.25, 0.3) is 0 Å². The minimum absolute atomic E-state index is 0. The number of hydrogen-bond acceptors (Lipinski definition) is 1. The normalized spacial score (nSPS) is 21.9. The molecule has 10 heavy (non-hydrogen) atoms. The van der Waals surface area contributed by atoms with Crippen molar-refractivity contribution in [3.8, 4) is 0 Å². The molecule has 0 aromatic rings. The van der Waals surface area contributed by atoms with Crippen molar-refractivity contribution >= 4 is 0 Å². The van der Waals surface area contributed by atoms with Crippen LogP contribution in [0.15, 0.2) is 0 Å². The fraction of sp³-hybridized carbons (Fsp3) is 0.750. The summed E-state index contributed by atoms with van der Waals surface area (Å²) in [6, 6.07) is 0. The van der Waals surface area contributed by atoms with E-state index in [4.69, 9.17) is 0 Å². The van der Waals surface area contributed by atoms with Gasteiger partial charge in [-0.15, -0.1) is 0 Å². The second-order valence-electron chi connectivity index (χ2n) is 3.23. The Morgan fingerprint density at radius 2 is 1.90 bits per heavy atom. The largest absolute Gasteiger partial charge is 0.358 e. The van der Waals surface area contributed by atoms with Crippen LogP contribution in [-0.2, 0) is 32.7 Å². The third-order valence-corrected chi connectivity index (χ3v) is 1.91. The van der Waals surface area contributed by atoms with Gasteiger partial charge in [-0.3, -0.25) is 0 Å². The summed E-state index contributed by atoms with van der Waals surface area (Å²) in [4.78, 5) is 2.32. The van der Waals surface area contributed by atoms with Crippen molar-refractivity contribution in [2.24, 2.45) is 5.41 Å². The van der Waals surface area contributed by atoms with Gasteiger partial charge in [-0.25, -0.2) is 0 Å². The van der Waals surface area contributed by atoms with Crippen molar-refractivity contribution < 1.29 is 32.7 Å². The van der Waals surface area contributed by atoms with Crippen LogP contribution in [0, 0.1) is 19.8 Å². The topological polar surface area (TPSA) is 3.24 Å². The standard InChI is InChI=1S/C7H14N.CH3.Y/c1-4-7(2)5-8(3)6-7;;/h1,4-6H2,2-3H3;1H3;/q2*-1;. The quantitative estimate of drug-likeness (QED) is 0.602. The van der Waals surface area contributed by atoms with Gasteiger partial charge in [-0.1, -0.05) is 6.92 Å². The third-order valence-electron chi connectivity index (χ3n) is 1.91. The van der Waals surface area contributed by atoms with Gasteiger partial charge < -0.3 is 19.3 Å². The van der Waals surface area contributed by atoms with Gasteiger partial charge in [0.25, 0.3) is 0 Å². The summed E-state index contributed by atoms with van der Waals surface area (Å²) in [5.74, 6) is 0. The van der Waals surface area contributed by atoms with E-state index in [0.717, 1.165) is 6.42 Å². The van der Waals surface area contributed by atoms with E-state index in [1.165, 1.54) is 13.1 Å². The Bertz CT molecular complexity index is 87.3. The molecular formula is C8H17NY-2. The van der Waals surface area contributed by atoms with Gasteiger partial charge in [0.15, 0.2) is 0 Å². The molecule has 0 bridgehead atoms. The molecule has 59 valence electrons. The van der Waals surface area contributed by atoms with E-state index in [1.807, 2.05) is 0 Å². The van der Waals surface area contributed by atoms with E-state index in [9.17, 15) is 0 Å². The number of hydrogen-bond donors (Lipinski definition) is 0. The Labute approximate surface area is 90.4 Å². The van der Waals surface area contributed by atoms with Crippen molar-refractivity contribution in [1.82, 2.24) is 4.90 Å². The van der Waals surface area contributed by atoms with Gasteiger partial charge >= 0.3 is 0 Å². The Morgan fingerprint density at radius 1 is 1.50 bits per heavy atom. The van der Waals surface area contributed by atoms with Crippen molar-refractivity contribution in [1.29, 1.82) is 0 Å². The zero-order valence-corrected chi connectivity index (χ0v) is 10.2. The van der Waals surface area contributed by atoms with Crippen molar-refractivity contribution in [2.45, 2.75) is 13.3 Å². The van der Waals surface area contributed by atoms with Crippen LogP contribution in [0.4, 0.5) is 0 Å². The predicted octanol–water partition coefficient (Wildman–Crippen LogP) is 1.61. The molecule has 2 heteroatoms. The molecule has 1 nitrogen and oxygen atoms in total. The minimum atomic E-state index is 0. The van der Waals surface area contributed by atoms with E-state index in [1.54, 1.807) is 0 Å². The molecule has 0 unspecified atom stereocenters. The Morgan fingerprint density at radius 3 is 2.00 bits per heavy atom. The van der Waals surface area contributed by atoms with E-state index >= 15 is 0 Å². The van der Waals surface area contributed by atoms with Crippen molar-refractivity contribution in [3.05, 3.63) is 14.4 Å². The molecular weight excluding hydrogens is 199 g/mol. The second-order valence-corrected chi connectivity index (χ2v) is 3.23. The molecule has 0 aliphatic carbocycles. The molecule has 1 aliphatic rings. The molecule has 0 N–H and O–H groups in total.